The lowest BCUT2D eigenvalue weighted by molar-refractivity contribution is -0.157. The van der Waals surface area contributed by atoms with E-state index < -0.39 is 36.4 Å². The van der Waals surface area contributed by atoms with E-state index in [1.165, 1.54) is 6.20 Å². The molecule has 7 nitrogen and oxygen atoms in total. The van der Waals surface area contributed by atoms with Crippen LogP contribution in [0.1, 0.15) is 16.1 Å². The molecule has 0 bridgehead atoms. The summed E-state index contributed by atoms with van der Waals surface area (Å²) < 4.78 is 36.9. The number of primary amides is 1. The van der Waals surface area contributed by atoms with Crippen molar-refractivity contribution in [2.75, 3.05) is 18.4 Å². The van der Waals surface area contributed by atoms with Gasteiger partial charge in [0.2, 0.25) is 11.8 Å². The van der Waals surface area contributed by atoms with Crippen molar-refractivity contribution in [3.05, 3.63) is 11.1 Å². The number of halogens is 3. The number of nitrogens with one attached hydrogen (secondary N) is 1. The van der Waals surface area contributed by atoms with Gasteiger partial charge in [-0.25, -0.2) is 4.98 Å². The highest BCUT2D eigenvalue weighted by atomic mass is 32.1. The van der Waals surface area contributed by atoms with Gasteiger partial charge in [0.1, 0.15) is 11.4 Å². The normalized spacial score (nSPS) is 18.6. The average molecular weight is 336 g/mol. The molecule has 1 atom stereocenters. The van der Waals surface area contributed by atoms with Gasteiger partial charge < -0.3 is 16.0 Å². The van der Waals surface area contributed by atoms with Crippen molar-refractivity contribution in [3.63, 3.8) is 0 Å². The zero-order chi connectivity index (χ0) is 16.5. The van der Waals surface area contributed by atoms with Crippen LogP contribution in [0.15, 0.2) is 6.20 Å². The first kappa shape index (κ1) is 16.2. The molecule has 2 heterocycles. The maximum atomic E-state index is 12.3. The fourth-order valence-electron chi connectivity index (χ4n) is 1.97. The number of likely N-dealkylation sites (tertiary alicyclic amines) is 1. The maximum Gasteiger partial charge on any atom is 0.406 e. The van der Waals surface area contributed by atoms with Gasteiger partial charge in [0.05, 0.1) is 12.1 Å². The van der Waals surface area contributed by atoms with Crippen molar-refractivity contribution in [3.8, 4) is 0 Å². The number of anilines is 1. The van der Waals surface area contributed by atoms with Gasteiger partial charge in [-0.1, -0.05) is 11.3 Å². The van der Waals surface area contributed by atoms with Crippen LogP contribution >= 0.6 is 11.3 Å². The Morgan fingerprint density at radius 1 is 1.50 bits per heavy atom. The quantitative estimate of drug-likeness (QED) is 0.839. The second kappa shape index (κ2) is 5.91. The van der Waals surface area contributed by atoms with Gasteiger partial charge in [0, 0.05) is 13.0 Å². The standard InChI is InChI=1S/C11H11F3N4O3S/c12-11(13,14)4-18-3-5(1-7(18)19)9(21)17-10-16-2-6(22-10)8(15)20/h2,5H,1,3-4H2,(H2,15,20)(H,16,17,21). The van der Waals surface area contributed by atoms with Gasteiger partial charge in [0.15, 0.2) is 5.13 Å². The number of rotatable bonds is 4. The van der Waals surface area contributed by atoms with Crippen LogP contribution < -0.4 is 11.1 Å². The molecule has 1 aliphatic heterocycles. The first-order valence-electron chi connectivity index (χ1n) is 6.07. The molecule has 0 radical (unpaired) electrons. The Bertz CT molecular complexity index is 616. The molecule has 0 saturated carbocycles. The van der Waals surface area contributed by atoms with Crippen molar-refractivity contribution in [2.45, 2.75) is 12.6 Å². The molecule has 1 aliphatic rings. The third kappa shape index (κ3) is 3.93. The van der Waals surface area contributed by atoms with Crippen LogP contribution in [0.5, 0.6) is 0 Å². The topological polar surface area (TPSA) is 105 Å². The molecule has 11 heteroatoms. The number of carbonyl (C=O) groups excluding carboxylic acids is 3. The van der Waals surface area contributed by atoms with E-state index in [1.54, 1.807) is 0 Å². The van der Waals surface area contributed by atoms with Crippen molar-refractivity contribution in [1.82, 2.24) is 9.88 Å². The predicted octanol–water partition coefficient (Wildman–Crippen LogP) is 0.591. The van der Waals surface area contributed by atoms with E-state index in [0.717, 1.165) is 11.3 Å². The summed E-state index contributed by atoms with van der Waals surface area (Å²) in [7, 11) is 0. The van der Waals surface area contributed by atoms with Gasteiger partial charge in [0.25, 0.3) is 5.91 Å². The van der Waals surface area contributed by atoms with Crippen LogP contribution in [0.4, 0.5) is 18.3 Å². The van der Waals surface area contributed by atoms with Crippen LogP contribution in [0.2, 0.25) is 0 Å². The molecule has 120 valence electrons. The molecule has 1 saturated heterocycles. The SMILES string of the molecule is NC(=O)c1cnc(NC(=O)C2CC(=O)N(CC(F)(F)F)C2)s1. The molecule has 2 rings (SSSR count). The summed E-state index contributed by atoms with van der Waals surface area (Å²) in [5.41, 5.74) is 5.04. The second-order valence-electron chi connectivity index (χ2n) is 4.67. The molecule has 1 aromatic rings. The molecule has 22 heavy (non-hydrogen) atoms. The van der Waals surface area contributed by atoms with Crippen molar-refractivity contribution < 1.29 is 27.6 Å². The second-order valence-corrected chi connectivity index (χ2v) is 5.70. The van der Waals surface area contributed by atoms with Crippen LogP contribution in [0.25, 0.3) is 0 Å². The van der Waals surface area contributed by atoms with Gasteiger partial charge >= 0.3 is 6.18 Å². The van der Waals surface area contributed by atoms with Gasteiger partial charge in [-0.05, 0) is 0 Å². The Labute approximate surface area is 126 Å². The summed E-state index contributed by atoms with van der Waals surface area (Å²) in [4.78, 5) is 38.8. The molecular formula is C11H11F3N4O3S. The van der Waals surface area contributed by atoms with E-state index in [0.29, 0.717) is 4.90 Å². The Hall–Kier alpha value is -2.17. The lowest BCUT2D eigenvalue weighted by Crippen LogP contribution is -2.36. The Kier molecular flexibility index (Phi) is 4.35. The predicted molar refractivity (Wildman–Crippen MR) is 70.0 cm³/mol. The highest BCUT2D eigenvalue weighted by Crippen LogP contribution is 2.25. The summed E-state index contributed by atoms with van der Waals surface area (Å²) in [6.45, 7) is -1.68. The number of nitrogens with two attached hydrogens (primary N) is 1. The molecule has 3 N–H and O–H groups in total. The van der Waals surface area contributed by atoms with Crippen molar-refractivity contribution >= 4 is 34.2 Å². The smallest absolute Gasteiger partial charge is 0.365 e. The van der Waals surface area contributed by atoms with Crippen LogP contribution in [-0.4, -0.2) is 46.9 Å². The minimum Gasteiger partial charge on any atom is -0.365 e. The molecule has 0 aliphatic carbocycles. The summed E-state index contributed by atoms with van der Waals surface area (Å²) in [5, 5.41) is 2.46. The number of thiazole rings is 1. The first-order valence-corrected chi connectivity index (χ1v) is 6.88. The Morgan fingerprint density at radius 3 is 2.73 bits per heavy atom. The lowest BCUT2D eigenvalue weighted by Gasteiger charge is -2.18. The molecule has 1 aromatic heterocycles. The molecule has 1 fully saturated rings. The number of amides is 3. The van der Waals surface area contributed by atoms with E-state index in [1.807, 2.05) is 0 Å². The minimum absolute atomic E-state index is 0.0977. The fraction of sp³-hybridized carbons (Fsp3) is 0.455. The summed E-state index contributed by atoms with van der Waals surface area (Å²) in [6.07, 6.45) is -3.62. The number of hydrogen-bond donors (Lipinski definition) is 2. The number of carbonyl (C=O) groups is 3. The Morgan fingerprint density at radius 2 is 2.18 bits per heavy atom. The number of aromatic nitrogens is 1. The fourth-order valence-corrected chi connectivity index (χ4v) is 2.64. The van der Waals surface area contributed by atoms with Crippen LogP contribution in [-0.2, 0) is 9.59 Å². The van der Waals surface area contributed by atoms with Crippen molar-refractivity contribution in [1.29, 1.82) is 0 Å². The largest absolute Gasteiger partial charge is 0.406 e. The van der Waals surface area contributed by atoms with E-state index in [4.69, 9.17) is 5.73 Å². The van der Waals surface area contributed by atoms with Gasteiger partial charge in [-0.2, -0.15) is 13.2 Å². The lowest BCUT2D eigenvalue weighted by atomic mass is 10.1. The van der Waals surface area contributed by atoms with Crippen LogP contribution in [0, 0.1) is 5.92 Å². The Balaban J connectivity index is 1.96. The first-order chi connectivity index (χ1) is 10.2. The molecular weight excluding hydrogens is 325 g/mol. The number of alkyl halides is 3. The molecule has 0 aromatic carbocycles. The van der Waals surface area contributed by atoms with E-state index in [2.05, 4.69) is 10.3 Å². The number of nitrogens with zero attached hydrogens (tertiary/aromatic N) is 2. The molecule has 0 spiro atoms. The highest BCUT2D eigenvalue weighted by Gasteiger charge is 2.40. The zero-order valence-corrected chi connectivity index (χ0v) is 11.8. The highest BCUT2D eigenvalue weighted by molar-refractivity contribution is 7.17. The summed E-state index contributed by atoms with van der Waals surface area (Å²) in [6, 6.07) is 0. The molecule has 1 unspecified atom stereocenters. The average Bonchev–Trinajstić information content (AvgIpc) is 2.96. The number of hydrogen-bond acceptors (Lipinski definition) is 5. The van der Waals surface area contributed by atoms with E-state index in [9.17, 15) is 27.6 Å². The van der Waals surface area contributed by atoms with Crippen LogP contribution in [0.3, 0.4) is 0 Å². The third-order valence-electron chi connectivity index (χ3n) is 2.93. The van der Waals surface area contributed by atoms with Gasteiger partial charge in [-0.3, -0.25) is 14.4 Å². The summed E-state index contributed by atoms with van der Waals surface area (Å²) in [5.74, 6) is -2.95. The van der Waals surface area contributed by atoms with E-state index in [-0.39, 0.29) is 23.0 Å². The van der Waals surface area contributed by atoms with Gasteiger partial charge in [-0.15, -0.1) is 0 Å². The molecule has 3 amide bonds. The monoisotopic (exact) mass is 336 g/mol. The maximum absolute atomic E-state index is 12.3. The third-order valence-corrected chi connectivity index (χ3v) is 3.86. The zero-order valence-electron chi connectivity index (χ0n) is 11.0. The van der Waals surface area contributed by atoms with Crippen molar-refractivity contribution in [2.24, 2.45) is 11.7 Å². The summed E-state index contributed by atoms with van der Waals surface area (Å²) >= 11 is 0.844. The minimum atomic E-state index is -4.51. The van der Waals surface area contributed by atoms with E-state index >= 15 is 0 Å².